The van der Waals surface area contributed by atoms with E-state index in [4.69, 9.17) is 10.5 Å². The predicted molar refractivity (Wildman–Crippen MR) is 77.5 cm³/mol. The van der Waals surface area contributed by atoms with Gasteiger partial charge in [-0.05, 0) is 26.0 Å². The van der Waals surface area contributed by atoms with Crippen LogP contribution in [0, 0.1) is 6.92 Å². The van der Waals surface area contributed by atoms with Crippen LogP contribution in [0.4, 0.5) is 5.82 Å². The third-order valence-electron chi connectivity index (χ3n) is 3.81. The van der Waals surface area contributed by atoms with Gasteiger partial charge in [0.25, 0.3) is 0 Å². The maximum absolute atomic E-state index is 11.7. The van der Waals surface area contributed by atoms with Crippen LogP contribution in [0.3, 0.4) is 0 Å². The minimum atomic E-state index is -0.462. The Morgan fingerprint density at radius 3 is 2.79 bits per heavy atom. The Kier molecular flexibility index (Phi) is 4.39. The molecule has 0 aromatic carbocycles. The molecule has 19 heavy (non-hydrogen) atoms. The number of nitrogen functional groups attached to an aromatic ring is 1. The van der Waals surface area contributed by atoms with E-state index in [-0.39, 0.29) is 5.69 Å². The molecule has 1 aliphatic carbocycles. The van der Waals surface area contributed by atoms with Gasteiger partial charge in [0.05, 0.1) is 7.11 Å². The molecule has 1 heterocycles. The van der Waals surface area contributed by atoms with Crippen molar-refractivity contribution in [2.45, 2.75) is 43.9 Å². The first kappa shape index (κ1) is 14.2. The van der Waals surface area contributed by atoms with Crippen LogP contribution in [0.2, 0.25) is 0 Å². The number of carbonyl (C=O) groups is 1. The Balaban J connectivity index is 2.38. The van der Waals surface area contributed by atoms with E-state index in [1.54, 1.807) is 0 Å². The second-order valence-corrected chi connectivity index (χ2v) is 5.96. The maximum Gasteiger partial charge on any atom is 0.360 e. The quantitative estimate of drug-likeness (QED) is 0.863. The molecule has 2 atom stereocenters. The molecule has 1 fully saturated rings. The molecule has 1 aliphatic rings. The fraction of sp³-hybridized carbons (Fsp3) is 0.692. The smallest absolute Gasteiger partial charge is 0.360 e. The molecule has 6 heteroatoms. The highest BCUT2D eigenvalue weighted by atomic mass is 32.2. The van der Waals surface area contributed by atoms with Crippen LogP contribution in [-0.2, 0) is 4.74 Å². The lowest BCUT2D eigenvalue weighted by Crippen LogP contribution is -2.27. The zero-order valence-electron chi connectivity index (χ0n) is 11.7. The van der Waals surface area contributed by atoms with E-state index < -0.39 is 5.97 Å². The van der Waals surface area contributed by atoms with Gasteiger partial charge in [-0.25, -0.2) is 9.78 Å². The third-order valence-corrected chi connectivity index (χ3v) is 4.96. The number of nitrogens with zero attached hydrogens (tertiary/aromatic N) is 2. The number of aromatic nitrogens is 2. The van der Waals surface area contributed by atoms with Gasteiger partial charge < -0.3 is 15.0 Å². The molecule has 1 aromatic heterocycles. The number of rotatable bonds is 3. The van der Waals surface area contributed by atoms with Crippen LogP contribution in [-0.4, -0.2) is 34.1 Å². The largest absolute Gasteiger partial charge is 0.464 e. The average molecular weight is 283 g/mol. The SMILES string of the molecule is COC(=O)c1nc(C)n(C2CCCCC2SC)c1N. The lowest BCUT2D eigenvalue weighted by Gasteiger charge is -2.32. The Morgan fingerprint density at radius 1 is 1.47 bits per heavy atom. The number of methoxy groups -OCH3 is 1. The number of thioether (sulfide) groups is 1. The molecular formula is C13H21N3O2S. The van der Waals surface area contributed by atoms with Gasteiger partial charge in [0, 0.05) is 11.3 Å². The standard InChI is InChI=1S/C13H21N3O2S/c1-8-15-11(13(17)18-2)12(14)16(8)9-6-4-5-7-10(9)19-3/h9-10H,4-7,14H2,1-3H3. The third kappa shape index (κ3) is 2.59. The van der Waals surface area contributed by atoms with Gasteiger partial charge in [0.15, 0.2) is 5.69 Å². The number of nitrogens with two attached hydrogens (primary N) is 1. The first-order valence-electron chi connectivity index (χ1n) is 6.55. The van der Waals surface area contributed by atoms with E-state index >= 15 is 0 Å². The Bertz CT molecular complexity index is 473. The lowest BCUT2D eigenvalue weighted by atomic mass is 9.94. The second kappa shape index (κ2) is 5.86. The molecule has 0 bridgehead atoms. The molecule has 5 nitrogen and oxygen atoms in total. The molecule has 0 spiro atoms. The lowest BCUT2D eigenvalue weighted by molar-refractivity contribution is 0.0595. The zero-order chi connectivity index (χ0) is 14.0. The fourth-order valence-corrected chi connectivity index (χ4v) is 3.85. The number of carbonyl (C=O) groups excluding carboxylic acids is 1. The summed E-state index contributed by atoms with van der Waals surface area (Å²) in [6.07, 6.45) is 6.88. The molecule has 2 N–H and O–H groups in total. The van der Waals surface area contributed by atoms with Crippen molar-refractivity contribution in [3.63, 3.8) is 0 Å². The summed E-state index contributed by atoms with van der Waals surface area (Å²) in [6.45, 7) is 1.90. The van der Waals surface area contributed by atoms with E-state index in [9.17, 15) is 4.79 Å². The predicted octanol–water partition coefficient (Wildman–Crippen LogP) is 2.41. The Hall–Kier alpha value is -1.17. The highest BCUT2D eigenvalue weighted by Crippen LogP contribution is 2.38. The van der Waals surface area contributed by atoms with Crippen LogP contribution in [0.25, 0.3) is 0 Å². The molecule has 0 saturated heterocycles. The van der Waals surface area contributed by atoms with Crippen molar-refractivity contribution in [1.29, 1.82) is 0 Å². The molecule has 0 amide bonds. The number of ether oxygens (including phenoxy) is 1. The van der Waals surface area contributed by atoms with Crippen LogP contribution in [0.15, 0.2) is 0 Å². The van der Waals surface area contributed by atoms with Crippen molar-refractivity contribution >= 4 is 23.5 Å². The second-order valence-electron chi connectivity index (χ2n) is 4.88. The van der Waals surface area contributed by atoms with Gasteiger partial charge in [0.1, 0.15) is 11.6 Å². The minimum Gasteiger partial charge on any atom is -0.464 e. The van der Waals surface area contributed by atoms with Gasteiger partial charge in [-0.15, -0.1) is 0 Å². The fourth-order valence-electron chi connectivity index (χ4n) is 2.87. The number of hydrogen-bond donors (Lipinski definition) is 1. The van der Waals surface area contributed by atoms with Crippen molar-refractivity contribution < 1.29 is 9.53 Å². The van der Waals surface area contributed by atoms with Crippen LogP contribution in [0.5, 0.6) is 0 Å². The van der Waals surface area contributed by atoms with Gasteiger partial charge >= 0.3 is 5.97 Å². The highest BCUT2D eigenvalue weighted by molar-refractivity contribution is 7.99. The van der Waals surface area contributed by atoms with Crippen molar-refractivity contribution in [1.82, 2.24) is 9.55 Å². The summed E-state index contributed by atoms with van der Waals surface area (Å²) >= 11 is 1.87. The first-order chi connectivity index (χ1) is 9.10. The summed E-state index contributed by atoms with van der Waals surface area (Å²) in [5.41, 5.74) is 6.36. The topological polar surface area (TPSA) is 70.1 Å². The molecule has 2 unspecified atom stereocenters. The van der Waals surface area contributed by atoms with Crippen LogP contribution >= 0.6 is 11.8 Å². The van der Waals surface area contributed by atoms with Crippen LogP contribution < -0.4 is 5.73 Å². The van der Waals surface area contributed by atoms with E-state index in [2.05, 4.69) is 11.2 Å². The maximum atomic E-state index is 11.7. The van der Waals surface area contributed by atoms with E-state index in [1.807, 2.05) is 23.3 Å². The van der Waals surface area contributed by atoms with Crippen molar-refractivity contribution in [2.24, 2.45) is 0 Å². The normalized spacial score (nSPS) is 23.3. The summed E-state index contributed by atoms with van der Waals surface area (Å²) in [6, 6.07) is 0.328. The zero-order valence-corrected chi connectivity index (χ0v) is 12.5. The molecule has 1 saturated carbocycles. The number of imidazole rings is 1. The summed E-state index contributed by atoms with van der Waals surface area (Å²) in [5.74, 6) is 0.773. The highest BCUT2D eigenvalue weighted by Gasteiger charge is 2.30. The first-order valence-corrected chi connectivity index (χ1v) is 7.84. The van der Waals surface area contributed by atoms with Gasteiger partial charge in [-0.1, -0.05) is 12.8 Å². The molecule has 2 rings (SSSR count). The molecule has 106 valence electrons. The van der Waals surface area contributed by atoms with Gasteiger partial charge in [-0.2, -0.15) is 11.8 Å². The van der Waals surface area contributed by atoms with Crippen molar-refractivity contribution in [2.75, 3.05) is 19.1 Å². The molecule has 0 radical (unpaired) electrons. The average Bonchev–Trinajstić information content (AvgIpc) is 2.73. The van der Waals surface area contributed by atoms with E-state index in [0.29, 0.717) is 17.1 Å². The molecular weight excluding hydrogens is 262 g/mol. The Labute approximate surface area is 117 Å². The summed E-state index contributed by atoms with van der Waals surface area (Å²) in [5, 5.41) is 0.537. The van der Waals surface area contributed by atoms with E-state index in [0.717, 1.165) is 12.2 Å². The monoisotopic (exact) mass is 283 g/mol. The minimum absolute atomic E-state index is 0.241. The van der Waals surface area contributed by atoms with Gasteiger partial charge in [0.2, 0.25) is 0 Å². The molecule has 0 aliphatic heterocycles. The number of esters is 1. The van der Waals surface area contributed by atoms with Crippen LogP contribution in [0.1, 0.15) is 48.0 Å². The Morgan fingerprint density at radius 2 is 2.16 bits per heavy atom. The summed E-state index contributed by atoms with van der Waals surface area (Å²) in [7, 11) is 1.35. The number of anilines is 1. The van der Waals surface area contributed by atoms with E-state index in [1.165, 1.54) is 26.4 Å². The number of hydrogen-bond acceptors (Lipinski definition) is 5. The van der Waals surface area contributed by atoms with Crippen molar-refractivity contribution in [3.8, 4) is 0 Å². The summed E-state index contributed by atoms with van der Waals surface area (Å²) < 4.78 is 6.75. The van der Waals surface area contributed by atoms with Crippen molar-refractivity contribution in [3.05, 3.63) is 11.5 Å². The van der Waals surface area contributed by atoms with Gasteiger partial charge in [-0.3, -0.25) is 0 Å². The number of aryl methyl sites for hydroxylation is 1. The molecule has 1 aromatic rings. The summed E-state index contributed by atoms with van der Waals surface area (Å²) in [4.78, 5) is 15.9.